The van der Waals surface area contributed by atoms with Crippen LogP contribution in [-0.4, -0.2) is 49.7 Å². The molecule has 0 aliphatic carbocycles. The molecule has 1 amide bonds. The highest BCUT2D eigenvalue weighted by Gasteiger charge is 2.35. The summed E-state index contributed by atoms with van der Waals surface area (Å²) in [5.41, 5.74) is 3.12. The molecule has 1 N–H and O–H groups in total. The molecule has 9 nitrogen and oxygen atoms in total. The van der Waals surface area contributed by atoms with Crippen molar-refractivity contribution in [1.82, 2.24) is 24.4 Å². The number of hydrogen-bond donors (Lipinski definition) is 1. The molecule has 12 heteroatoms. The minimum absolute atomic E-state index is 0.216. The molecule has 1 aliphatic rings. The van der Waals surface area contributed by atoms with Crippen molar-refractivity contribution >= 4 is 22.9 Å². The normalized spacial score (nSPS) is 14.4. The quantitative estimate of drug-likeness (QED) is 0.496. The number of rotatable bonds is 5. The smallest absolute Gasteiger partial charge is 0.406 e. The molecule has 0 unspecified atom stereocenters. The second-order valence-electron chi connectivity index (χ2n) is 7.71. The Bertz CT molecular complexity index is 1310. The maximum atomic E-state index is 12.5. The van der Waals surface area contributed by atoms with Gasteiger partial charge in [0, 0.05) is 49.3 Å². The third kappa shape index (κ3) is 4.31. The maximum absolute atomic E-state index is 12.5. The minimum Gasteiger partial charge on any atom is -0.406 e. The van der Waals surface area contributed by atoms with Crippen molar-refractivity contribution in [3.63, 3.8) is 0 Å². The predicted octanol–water partition coefficient (Wildman–Crippen LogP) is 3.10. The topological polar surface area (TPSA) is 89.6 Å². The highest BCUT2D eigenvalue weighted by molar-refractivity contribution is 5.94. The Kier molecular flexibility index (Phi) is 4.91. The number of aryl methyl sites for hydroxylation is 1. The molecular weight excluding hydrogens is 439 g/mol. The standard InChI is InChI=1S/C21H18F3N7O2/c1-29-8-14(7-26-29)13-6-18-19(25-12-27-31(18)11-13)30-9-15(10-30)20(32)28-16-2-4-17(5-3-16)33-21(22,23)24/h2-8,11-12,15H,9-10H2,1H3,(H,28,32). The first-order valence-electron chi connectivity index (χ1n) is 9.99. The molecule has 1 aromatic carbocycles. The average molecular weight is 457 g/mol. The van der Waals surface area contributed by atoms with Crippen molar-refractivity contribution in [3.05, 3.63) is 55.2 Å². The van der Waals surface area contributed by atoms with Gasteiger partial charge in [0.25, 0.3) is 0 Å². The number of nitrogens with one attached hydrogen (secondary N) is 1. The lowest BCUT2D eigenvalue weighted by molar-refractivity contribution is -0.274. The van der Waals surface area contributed by atoms with Crippen LogP contribution in [0.1, 0.15) is 0 Å². The first-order valence-corrected chi connectivity index (χ1v) is 9.99. The molecule has 1 aliphatic heterocycles. The number of fused-ring (bicyclic) bond motifs is 1. The molecule has 0 bridgehead atoms. The van der Waals surface area contributed by atoms with Crippen molar-refractivity contribution in [1.29, 1.82) is 0 Å². The number of benzene rings is 1. The zero-order valence-electron chi connectivity index (χ0n) is 17.3. The fraction of sp³-hybridized carbons (Fsp3) is 0.238. The molecule has 33 heavy (non-hydrogen) atoms. The van der Waals surface area contributed by atoms with Crippen molar-refractivity contribution in [2.24, 2.45) is 13.0 Å². The number of alkyl halides is 3. The van der Waals surface area contributed by atoms with Crippen molar-refractivity contribution in [2.75, 3.05) is 23.3 Å². The third-order valence-corrected chi connectivity index (χ3v) is 5.33. The zero-order valence-corrected chi connectivity index (χ0v) is 17.3. The van der Waals surface area contributed by atoms with E-state index in [9.17, 15) is 18.0 Å². The lowest BCUT2D eigenvalue weighted by atomic mass is 9.99. The molecule has 4 aromatic rings. The summed E-state index contributed by atoms with van der Waals surface area (Å²) >= 11 is 0. The fourth-order valence-corrected chi connectivity index (χ4v) is 3.69. The van der Waals surface area contributed by atoms with Gasteiger partial charge in [0.15, 0.2) is 5.82 Å². The number of nitrogens with zero attached hydrogens (tertiary/aromatic N) is 6. The van der Waals surface area contributed by atoms with Gasteiger partial charge >= 0.3 is 6.36 Å². The lowest BCUT2D eigenvalue weighted by Crippen LogP contribution is -2.52. The molecule has 0 radical (unpaired) electrons. The van der Waals surface area contributed by atoms with Crippen molar-refractivity contribution in [2.45, 2.75) is 6.36 Å². The van der Waals surface area contributed by atoms with Crippen molar-refractivity contribution < 1.29 is 22.7 Å². The Morgan fingerprint density at radius 2 is 1.88 bits per heavy atom. The Balaban J connectivity index is 1.24. The molecule has 170 valence electrons. The first kappa shape index (κ1) is 20.8. The molecule has 4 heterocycles. The van der Waals surface area contributed by atoms with Gasteiger partial charge in [0.05, 0.1) is 12.1 Å². The van der Waals surface area contributed by atoms with E-state index in [0.717, 1.165) is 34.6 Å². The Morgan fingerprint density at radius 3 is 2.55 bits per heavy atom. The van der Waals surface area contributed by atoms with Gasteiger partial charge in [-0.15, -0.1) is 13.2 Å². The van der Waals surface area contributed by atoms with E-state index in [1.54, 1.807) is 15.4 Å². The third-order valence-electron chi connectivity index (χ3n) is 5.33. The van der Waals surface area contributed by atoms with E-state index in [1.807, 2.05) is 30.4 Å². The number of carbonyl (C=O) groups excluding carboxylic acids is 1. The highest BCUT2D eigenvalue weighted by atomic mass is 19.4. The van der Waals surface area contributed by atoms with E-state index in [0.29, 0.717) is 18.8 Å². The number of hydrogen-bond acceptors (Lipinski definition) is 6. The molecular formula is C21H18F3N7O2. The van der Waals surface area contributed by atoms with E-state index in [2.05, 4.69) is 25.2 Å². The Labute approximate surface area is 185 Å². The van der Waals surface area contributed by atoms with E-state index in [1.165, 1.54) is 18.5 Å². The van der Waals surface area contributed by atoms with Gasteiger partial charge in [-0.1, -0.05) is 0 Å². The molecule has 3 aromatic heterocycles. The van der Waals surface area contributed by atoms with Gasteiger partial charge in [-0.25, -0.2) is 9.50 Å². The molecule has 0 saturated carbocycles. The summed E-state index contributed by atoms with van der Waals surface area (Å²) in [4.78, 5) is 18.9. The summed E-state index contributed by atoms with van der Waals surface area (Å²) in [6.07, 6.45) is 2.29. The van der Waals surface area contributed by atoms with Gasteiger partial charge < -0.3 is 15.0 Å². The zero-order chi connectivity index (χ0) is 23.2. The van der Waals surface area contributed by atoms with E-state index in [4.69, 9.17) is 0 Å². The van der Waals surface area contributed by atoms with Crippen LogP contribution in [0.3, 0.4) is 0 Å². The second kappa shape index (κ2) is 7.80. The van der Waals surface area contributed by atoms with Crippen LogP contribution >= 0.6 is 0 Å². The first-order chi connectivity index (χ1) is 15.7. The molecule has 5 rings (SSSR count). The van der Waals surface area contributed by atoms with Crippen LogP contribution in [-0.2, 0) is 11.8 Å². The average Bonchev–Trinajstić information content (AvgIpc) is 3.34. The Hall–Kier alpha value is -4.09. The minimum atomic E-state index is -4.76. The van der Waals surface area contributed by atoms with Crippen LogP contribution in [0, 0.1) is 5.92 Å². The highest BCUT2D eigenvalue weighted by Crippen LogP contribution is 2.31. The van der Waals surface area contributed by atoms with E-state index >= 15 is 0 Å². The summed E-state index contributed by atoms with van der Waals surface area (Å²) in [6.45, 7) is 0.919. The van der Waals surface area contributed by atoms with Gasteiger partial charge in [-0.3, -0.25) is 9.48 Å². The van der Waals surface area contributed by atoms with Crippen LogP contribution < -0.4 is 15.0 Å². The number of ether oxygens (including phenoxy) is 1. The number of anilines is 2. The maximum Gasteiger partial charge on any atom is 0.573 e. The molecule has 0 spiro atoms. The number of amides is 1. The van der Waals surface area contributed by atoms with E-state index in [-0.39, 0.29) is 17.6 Å². The van der Waals surface area contributed by atoms with Crippen LogP contribution in [0.2, 0.25) is 0 Å². The number of halogens is 3. The lowest BCUT2D eigenvalue weighted by Gasteiger charge is -2.39. The van der Waals surface area contributed by atoms with Crippen LogP contribution in [0.4, 0.5) is 24.7 Å². The van der Waals surface area contributed by atoms with E-state index < -0.39 is 6.36 Å². The van der Waals surface area contributed by atoms with Crippen LogP contribution in [0.5, 0.6) is 5.75 Å². The Morgan fingerprint density at radius 1 is 1.12 bits per heavy atom. The number of aromatic nitrogens is 5. The van der Waals surface area contributed by atoms with Gasteiger partial charge in [-0.2, -0.15) is 10.2 Å². The van der Waals surface area contributed by atoms with Gasteiger partial charge in [0.2, 0.25) is 5.91 Å². The van der Waals surface area contributed by atoms with Crippen molar-refractivity contribution in [3.8, 4) is 16.9 Å². The van der Waals surface area contributed by atoms with Crippen LogP contribution in [0.25, 0.3) is 16.6 Å². The fourth-order valence-electron chi connectivity index (χ4n) is 3.69. The largest absolute Gasteiger partial charge is 0.573 e. The molecule has 1 fully saturated rings. The summed E-state index contributed by atoms with van der Waals surface area (Å²) < 4.78 is 44.1. The summed E-state index contributed by atoms with van der Waals surface area (Å²) in [5, 5.41) is 11.2. The predicted molar refractivity (Wildman–Crippen MR) is 113 cm³/mol. The number of carbonyl (C=O) groups is 1. The summed E-state index contributed by atoms with van der Waals surface area (Å²) in [6, 6.07) is 7.01. The van der Waals surface area contributed by atoms with Gasteiger partial charge in [0.1, 0.15) is 17.6 Å². The monoisotopic (exact) mass is 457 g/mol. The summed E-state index contributed by atoms with van der Waals surface area (Å²) in [5.74, 6) is -0.120. The summed E-state index contributed by atoms with van der Waals surface area (Å²) in [7, 11) is 1.85. The van der Waals surface area contributed by atoms with Gasteiger partial charge in [-0.05, 0) is 30.3 Å². The molecule has 1 saturated heterocycles. The second-order valence-corrected chi connectivity index (χ2v) is 7.71. The van der Waals surface area contributed by atoms with Crippen LogP contribution in [0.15, 0.2) is 55.2 Å². The molecule has 0 atom stereocenters. The SMILES string of the molecule is Cn1cc(-c2cc3c(N4CC(C(=O)Nc5ccc(OC(F)(F)F)cc5)C4)ncnn3c2)cn1.